The Hall–Kier alpha value is -3.45. The molecule has 1 aromatic carbocycles. The Morgan fingerprint density at radius 1 is 1.18 bits per heavy atom. The number of carbonyl (C=O) groups is 1. The molecule has 0 N–H and O–H groups in total. The van der Waals surface area contributed by atoms with E-state index in [-0.39, 0.29) is 16.8 Å². The summed E-state index contributed by atoms with van der Waals surface area (Å²) in [4.78, 5) is 32.1. The smallest absolute Gasteiger partial charge is 0.296 e. The summed E-state index contributed by atoms with van der Waals surface area (Å²) in [5.41, 5.74) is 0.866. The number of anilines is 1. The largest absolute Gasteiger partial charge is 0.450 e. The second-order valence-corrected chi connectivity index (χ2v) is 6.91. The number of hydrogen-bond donors (Lipinski definition) is 0. The molecule has 0 bridgehead atoms. The lowest BCUT2D eigenvalue weighted by Gasteiger charge is -2.21. The van der Waals surface area contributed by atoms with E-state index in [1.54, 1.807) is 49.6 Å². The average Bonchev–Trinajstić information content (AvgIpc) is 3.24. The topological polar surface area (TPSA) is 89.4 Å². The number of fused-ring (bicyclic) bond motifs is 2. The normalized spacial score (nSPS) is 16.0. The molecular formula is C20H12ClN3O4. The SMILES string of the molecule is Cc1cc(N2C(=O)c3oc4ccc(Cl)cc4c(=O)c3C2c2cccnc2)no1. The highest BCUT2D eigenvalue weighted by Crippen LogP contribution is 2.40. The van der Waals surface area contributed by atoms with Crippen LogP contribution in [0.3, 0.4) is 0 Å². The van der Waals surface area contributed by atoms with Gasteiger partial charge < -0.3 is 8.94 Å². The first-order chi connectivity index (χ1) is 13.5. The van der Waals surface area contributed by atoms with Crippen molar-refractivity contribution in [3.05, 3.63) is 86.7 Å². The number of carbonyl (C=O) groups excluding carboxylic acids is 1. The molecule has 0 saturated carbocycles. The fraction of sp³-hybridized carbons (Fsp3) is 0.100. The van der Waals surface area contributed by atoms with Crippen molar-refractivity contribution in [2.75, 3.05) is 4.90 Å². The zero-order chi connectivity index (χ0) is 19.4. The summed E-state index contributed by atoms with van der Waals surface area (Å²) in [5.74, 6) is 0.351. The third-order valence-corrected chi connectivity index (χ3v) is 4.93. The van der Waals surface area contributed by atoms with Crippen LogP contribution in [0.5, 0.6) is 0 Å². The fourth-order valence-electron chi connectivity index (χ4n) is 3.50. The molecule has 1 aliphatic heterocycles. The number of aryl methyl sites for hydroxylation is 1. The van der Waals surface area contributed by atoms with Crippen LogP contribution in [0.25, 0.3) is 11.0 Å². The van der Waals surface area contributed by atoms with E-state index in [2.05, 4.69) is 10.1 Å². The molecule has 28 heavy (non-hydrogen) atoms. The highest BCUT2D eigenvalue weighted by Gasteiger charge is 2.45. The van der Waals surface area contributed by atoms with Crippen molar-refractivity contribution in [3.63, 3.8) is 0 Å². The molecule has 0 saturated heterocycles. The van der Waals surface area contributed by atoms with Gasteiger partial charge in [0.15, 0.2) is 11.2 Å². The molecular weight excluding hydrogens is 382 g/mol. The van der Waals surface area contributed by atoms with Gasteiger partial charge >= 0.3 is 0 Å². The number of hydrogen-bond acceptors (Lipinski definition) is 6. The minimum absolute atomic E-state index is 0.0191. The molecule has 5 rings (SSSR count). The summed E-state index contributed by atoms with van der Waals surface area (Å²) in [6.45, 7) is 1.73. The number of benzene rings is 1. The molecule has 8 heteroatoms. The maximum Gasteiger partial charge on any atom is 0.296 e. The van der Waals surface area contributed by atoms with Crippen LogP contribution in [-0.4, -0.2) is 16.0 Å². The molecule has 4 heterocycles. The Kier molecular flexibility index (Phi) is 3.60. The van der Waals surface area contributed by atoms with Crippen molar-refractivity contribution >= 4 is 34.3 Å². The summed E-state index contributed by atoms with van der Waals surface area (Å²) in [6.07, 6.45) is 3.23. The summed E-state index contributed by atoms with van der Waals surface area (Å²) in [7, 11) is 0. The summed E-state index contributed by atoms with van der Waals surface area (Å²) < 4.78 is 11.0. The number of pyridine rings is 1. The standard InChI is InChI=1S/C20H12ClN3O4/c1-10-7-15(23-28-10)24-17(11-3-2-6-22-9-11)16-18(25)13-8-12(21)4-5-14(13)27-19(16)20(24)26/h2-9,17H,1H3. The van der Waals surface area contributed by atoms with Gasteiger partial charge in [0.05, 0.1) is 17.0 Å². The van der Waals surface area contributed by atoms with Crippen molar-refractivity contribution in [2.45, 2.75) is 13.0 Å². The first kappa shape index (κ1) is 16.7. The van der Waals surface area contributed by atoms with Crippen molar-refractivity contribution in [1.82, 2.24) is 10.1 Å². The fourth-order valence-corrected chi connectivity index (χ4v) is 3.67. The third kappa shape index (κ3) is 2.36. The minimum atomic E-state index is -0.736. The van der Waals surface area contributed by atoms with Crippen LogP contribution in [0.4, 0.5) is 5.82 Å². The van der Waals surface area contributed by atoms with Crippen molar-refractivity contribution in [1.29, 1.82) is 0 Å². The van der Waals surface area contributed by atoms with Gasteiger partial charge in [-0.1, -0.05) is 22.8 Å². The molecule has 4 aromatic rings. The van der Waals surface area contributed by atoms with E-state index in [1.165, 1.54) is 11.0 Å². The number of halogens is 1. The monoisotopic (exact) mass is 393 g/mol. The Bertz CT molecular complexity index is 1300. The predicted molar refractivity (Wildman–Crippen MR) is 102 cm³/mol. The Morgan fingerprint density at radius 2 is 2.04 bits per heavy atom. The lowest BCUT2D eigenvalue weighted by Crippen LogP contribution is -2.29. The molecule has 138 valence electrons. The maximum atomic E-state index is 13.3. The van der Waals surface area contributed by atoms with Crippen LogP contribution in [-0.2, 0) is 0 Å². The van der Waals surface area contributed by atoms with Crippen molar-refractivity contribution in [3.8, 4) is 0 Å². The van der Waals surface area contributed by atoms with E-state index in [9.17, 15) is 9.59 Å². The van der Waals surface area contributed by atoms with Gasteiger partial charge in [-0.15, -0.1) is 0 Å². The molecule has 0 radical (unpaired) electrons. The van der Waals surface area contributed by atoms with E-state index >= 15 is 0 Å². The second kappa shape index (κ2) is 6.03. The van der Waals surface area contributed by atoms with Gasteiger partial charge in [-0.3, -0.25) is 19.5 Å². The Labute approximate surface area is 163 Å². The highest BCUT2D eigenvalue weighted by atomic mass is 35.5. The molecule has 3 aromatic heterocycles. The van der Waals surface area contributed by atoms with Crippen molar-refractivity contribution < 1.29 is 13.7 Å². The van der Waals surface area contributed by atoms with Gasteiger partial charge in [0.25, 0.3) is 5.91 Å². The average molecular weight is 394 g/mol. The van der Waals surface area contributed by atoms with Gasteiger partial charge in [0.2, 0.25) is 5.76 Å². The third-order valence-electron chi connectivity index (χ3n) is 4.69. The number of aromatic nitrogens is 2. The van der Waals surface area contributed by atoms with E-state index < -0.39 is 11.9 Å². The number of amides is 1. The quantitative estimate of drug-likeness (QED) is 0.513. The Balaban J connectivity index is 1.84. The van der Waals surface area contributed by atoms with Gasteiger partial charge in [0.1, 0.15) is 11.3 Å². The highest BCUT2D eigenvalue weighted by molar-refractivity contribution is 6.31. The van der Waals surface area contributed by atoms with Crippen LogP contribution in [0.2, 0.25) is 5.02 Å². The summed E-state index contributed by atoms with van der Waals surface area (Å²) in [5, 5.41) is 4.68. The maximum absolute atomic E-state index is 13.3. The van der Waals surface area contributed by atoms with E-state index in [0.717, 1.165) is 0 Å². The van der Waals surface area contributed by atoms with Crippen LogP contribution < -0.4 is 10.3 Å². The van der Waals surface area contributed by atoms with E-state index in [4.69, 9.17) is 20.5 Å². The Morgan fingerprint density at radius 3 is 2.75 bits per heavy atom. The minimum Gasteiger partial charge on any atom is -0.450 e. The van der Waals surface area contributed by atoms with Gasteiger partial charge in [-0.2, -0.15) is 0 Å². The first-order valence-corrected chi connectivity index (χ1v) is 8.85. The number of nitrogens with zero attached hydrogens (tertiary/aromatic N) is 3. The molecule has 1 aliphatic rings. The van der Waals surface area contributed by atoms with E-state index in [1.807, 2.05) is 0 Å². The summed E-state index contributed by atoms with van der Waals surface area (Å²) in [6, 6.07) is 9.15. The van der Waals surface area contributed by atoms with Gasteiger partial charge in [-0.25, -0.2) is 0 Å². The predicted octanol–water partition coefficient (Wildman–Crippen LogP) is 3.89. The van der Waals surface area contributed by atoms with Crippen molar-refractivity contribution in [2.24, 2.45) is 0 Å². The van der Waals surface area contributed by atoms with Crippen LogP contribution in [0.15, 0.2) is 62.5 Å². The second-order valence-electron chi connectivity index (χ2n) is 6.47. The lowest BCUT2D eigenvalue weighted by molar-refractivity contribution is 0.0969. The zero-order valence-electron chi connectivity index (χ0n) is 14.5. The lowest BCUT2D eigenvalue weighted by atomic mass is 10.00. The molecule has 1 atom stereocenters. The molecule has 1 unspecified atom stereocenters. The van der Waals surface area contributed by atoms with Crippen LogP contribution >= 0.6 is 11.6 Å². The molecule has 0 spiro atoms. The molecule has 0 fully saturated rings. The number of rotatable bonds is 2. The van der Waals surface area contributed by atoms with Gasteiger partial charge in [-0.05, 0) is 36.8 Å². The molecule has 0 aliphatic carbocycles. The summed E-state index contributed by atoms with van der Waals surface area (Å²) >= 11 is 6.06. The zero-order valence-corrected chi connectivity index (χ0v) is 15.3. The van der Waals surface area contributed by atoms with Crippen LogP contribution in [0, 0.1) is 6.92 Å². The van der Waals surface area contributed by atoms with E-state index in [0.29, 0.717) is 33.1 Å². The molecule has 1 amide bonds. The molecule has 7 nitrogen and oxygen atoms in total. The van der Waals surface area contributed by atoms with Gasteiger partial charge in [0, 0.05) is 23.5 Å². The first-order valence-electron chi connectivity index (χ1n) is 8.47. The van der Waals surface area contributed by atoms with Crippen LogP contribution in [0.1, 0.15) is 33.5 Å².